The summed E-state index contributed by atoms with van der Waals surface area (Å²) in [4.78, 5) is 11.2. The molecule has 0 spiro atoms. The number of esters is 1. The van der Waals surface area contributed by atoms with Crippen molar-refractivity contribution in [2.75, 3.05) is 19.8 Å². The van der Waals surface area contributed by atoms with Crippen LogP contribution in [0.2, 0.25) is 0 Å². The second kappa shape index (κ2) is 5.02. The third-order valence-corrected chi connectivity index (χ3v) is 2.05. The van der Waals surface area contributed by atoms with Gasteiger partial charge in [0, 0.05) is 18.1 Å². The normalized spacial score (nSPS) is 23.2. The monoisotopic (exact) mass is 184 g/mol. The van der Waals surface area contributed by atoms with Crippen LogP contribution in [0.3, 0.4) is 0 Å². The molecule has 1 rings (SSSR count). The highest BCUT2D eigenvalue weighted by Crippen LogP contribution is 2.15. The van der Waals surface area contributed by atoms with Gasteiger partial charge in [0.05, 0.1) is 13.2 Å². The molecule has 0 radical (unpaired) electrons. The Kier molecular flexibility index (Phi) is 3.96. The van der Waals surface area contributed by atoms with Crippen molar-refractivity contribution < 1.29 is 14.3 Å². The van der Waals surface area contributed by atoms with Gasteiger partial charge in [-0.2, -0.15) is 0 Å². The number of carbonyl (C=O) groups is 1. The van der Waals surface area contributed by atoms with E-state index in [0.29, 0.717) is 18.1 Å². The molecule has 0 bridgehead atoms. The first-order valence-corrected chi connectivity index (χ1v) is 4.67. The maximum atomic E-state index is 11.2. The highest BCUT2D eigenvalue weighted by molar-refractivity contribution is 5.87. The molecule has 1 saturated heterocycles. The van der Waals surface area contributed by atoms with Crippen molar-refractivity contribution in [3.63, 3.8) is 0 Å². The minimum absolute atomic E-state index is 0.214. The van der Waals surface area contributed by atoms with Crippen LogP contribution in [0.15, 0.2) is 11.6 Å². The molecule has 13 heavy (non-hydrogen) atoms. The molecule has 74 valence electrons. The SMILES string of the molecule is CCOC(=O)C(C)=CC1CCOC1. The summed E-state index contributed by atoms with van der Waals surface area (Å²) in [5, 5.41) is 0. The summed E-state index contributed by atoms with van der Waals surface area (Å²) >= 11 is 0. The molecule has 0 saturated carbocycles. The van der Waals surface area contributed by atoms with Gasteiger partial charge in [0.1, 0.15) is 0 Å². The van der Waals surface area contributed by atoms with Gasteiger partial charge < -0.3 is 9.47 Å². The lowest BCUT2D eigenvalue weighted by atomic mass is 10.1. The van der Waals surface area contributed by atoms with Gasteiger partial charge in [0.25, 0.3) is 0 Å². The summed E-state index contributed by atoms with van der Waals surface area (Å²) in [7, 11) is 0. The Balaban J connectivity index is 2.44. The Labute approximate surface area is 78.7 Å². The van der Waals surface area contributed by atoms with Crippen LogP contribution >= 0.6 is 0 Å². The Morgan fingerprint density at radius 1 is 1.69 bits per heavy atom. The van der Waals surface area contributed by atoms with Gasteiger partial charge >= 0.3 is 5.97 Å². The smallest absolute Gasteiger partial charge is 0.333 e. The first-order valence-electron chi connectivity index (χ1n) is 4.67. The van der Waals surface area contributed by atoms with E-state index in [1.165, 1.54) is 0 Å². The van der Waals surface area contributed by atoms with E-state index < -0.39 is 0 Å². The molecule has 3 heteroatoms. The largest absolute Gasteiger partial charge is 0.463 e. The molecule has 0 N–H and O–H groups in total. The van der Waals surface area contributed by atoms with Crippen molar-refractivity contribution in [3.8, 4) is 0 Å². The molecule has 1 heterocycles. The van der Waals surface area contributed by atoms with Crippen molar-refractivity contribution >= 4 is 5.97 Å². The van der Waals surface area contributed by atoms with E-state index in [1.54, 1.807) is 6.92 Å². The van der Waals surface area contributed by atoms with Gasteiger partial charge in [-0.05, 0) is 20.3 Å². The molecule has 3 nitrogen and oxygen atoms in total. The van der Waals surface area contributed by atoms with Gasteiger partial charge in [0.2, 0.25) is 0 Å². The number of hydrogen-bond acceptors (Lipinski definition) is 3. The summed E-state index contributed by atoms with van der Waals surface area (Å²) in [5.74, 6) is 0.179. The number of rotatable bonds is 3. The predicted octanol–water partition coefficient (Wildman–Crippen LogP) is 1.53. The van der Waals surface area contributed by atoms with E-state index in [1.807, 2.05) is 13.0 Å². The zero-order chi connectivity index (χ0) is 9.68. The molecule has 0 aliphatic carbocycles. The molecule has 1 unspecified atom stereocenters. The highest BCUT2D eigenvalue weighted by Gasteiger charge is 2.15. The van der Waals surface area contributed by atoms with Crippen LogP contribution in [0, 0.1) is 5.92 Å². The minimum atomic E-state index is -0.214. The molecule has 0 amide bonds. The minimum Gasteiger partial charge on any atom is -0.463 e. The Morgan fingerprint density at radius 2 is 2.46 bits per heavy atom. The highest BCUT2D eigenvalue weighted by atomic mass is 16.5. The van der Waals surface area contributed by atoms with Crippen LogP contribution in [0.25, 0.3) is 0 Å². The van der Waals surface area contributed by atoms with E-state index in [9.17, 15) is 4.79 Å². The topological polar surface area (TPSA) is 35.5 Å². The lowest BCUT2D eigenvalue weighted by Crippen LogP contribution is -2.07. The maximum Gasteiger partial charge on any atom is 0.333 e. The van der Waals surface area contributed by atoms with Crippen molar-refractivity contribution in [2.24, 2.45) is 5.92 Å². The Hall–Kier alpha value is -0.830. The van der Waals surface area contributed by atoms with Crippen molar-refractivity contribution in [2.45, 2.75) is 20.3 Å². The second-order valence-electron chi connectivity index (χ2n) is 3.19. The standard InChI is InChI=1S/C10H16O3/c1-3-13-10(11)8(2)6-9-4-5-12-7-9/h6,9H,3-5,7H2,1-2H3. The van der Waals surface area contributed by atoms with Gasteiger partial charge in [-0.25, -0.2) is 4.79 Å². The lowest BCUT2D eigenvalue weighted by Gasteiger charge is -2.04. The lowest BCUT2D eigenvalue weighted by molar-refractivity contribution is -0.138. The number of ether oxygens (including phenoxy) is 2. The summed E-state index contributed by atoms with van der Waals surface area (Å²) < 4.78 is 10.1. The maximum absolute atomic E-state index is 11.2. The van der Waals surface area contributed by atoms with E-state index >= 15 is 0 Å². The zero-order valence-electron chi connectivity index (χ0n) is 8.21. The van der Waals surface area contributed by atoms with Gasteiger partial charge in [-0.15, -0.1) is 0 Å². The molecule has 0 aromatic carbocycles. The molecule has 0 aromatic rings. The summed E-state index contributed by atoms with van der Waals surface area (Å²) in [5.41, 5.74) is 0.692. The quantitative estimate of drug-likeness (QED) is 0.493. The van der Waals surface area contributed by atoms with Crippen LogP contribution in [0.5, 0.6) is 0 Å². The molecule has 0 aromatic heterocycles. The summed E-state index contributed by atoms with van der Waals surface area (Å²) in [6.07, 6.45) is 2.96. The second-order valence-corrected chi connectivity index (χ2v) is 3.19. The predicted molar refractivity (Wildman–Crippen MR) is 49.3 cm³/mol. The zero-order valence-corrected chi connectivity index (χ0v) is 8.21. The fourth-order valence-corrected chi connectivity index (χ4v) is 1.35. The Bertz CT molecular complexity index is 202. The van der Waals surface area contributed by atoms with Gasteiger partial charge in [-0.1, -0.05) is 6.08 Å². The average Bonchev–Trinajstić information content (AvgIpc) is 2.57. The average molecular weight is 184 g/mol. The van der Waals surface area contributed by atoms with Crippen molar-refractivity contribution in [3.05, 3.63) is 11.6 Å². The van der Waals surface area contributed by atoms with Crippen LogP contribution in [-0.4, -0.2) is 25.8 Å². The molecule has 1 aliphatic heterocycles. The molecular weight excluding hydrogens is 168 g/mol. The summed E-state index contributed by atoms with van der Waals surface area (Å²) in [6, 6.07) is 0. The number of hydrogen-bond donors (Lipinski definition) is 0. The van der Waals surface area contributed by atoms with E-state index in [0.717, 1.165) is 19.6 Å². The molecule has 1 fully saturated rings. The molecule has 1 aliphatic rings. The molecule has 1 atom stereocenters. The van der Waals surface area contributed by atoms with Crippen LogP contribution in [0.1, 0.15) is 20.3 Å². The van der Waals surface area contributed by atoms with Crippen LogP contribution in [0.4, 0.5) is 0 Å². The van der Waals surface area contributed by atoms with Crippen LogP contribution < -0.4 is 0 Å². The van der Waals surface area contributed by atoms with Crippen molar-refractivity contribution in [1.29, 1.82) is 0 Å². The van der Waals surface area contributed by atoms with E-state index in [2.05, 4.69) is 0 Å². The molecular formula is C10H16O3. The van der Waals surface area contributed by atoms with E-state index in [-0.39, 0.29) is 5.97 Å². The third kappa shape index (κ3) is 3.19. The fourth-order valence-electron chi connectivity index (χ4n) is 1.35. The summed E-state index contributed by atoms with van der Waals surface area (Å²) in [6.45, 7) is 5.57. The third-order valence-electron chi connectivity index (χ3n) is 2.05. The van der Waals surface area contributed by atoms with Gasteiger partial charge in [-0.3, -0.25) is 0 Å². The van der Waals surface area contributed by atoms with E-state index in [4.69, 9.17) is 9.47 Å². The van der Waals surface area contributed by atoms with Crippen molar-refractivity contribution in [1.82, 2.24) is 0 Å². The number of carbonyl (C=O) groups excluding carboxylic acids is 1. The van der Waals surface area contributed by atoms with Gasteiger partial charge in [0.15, 0.2) is 0 Å². The first-order chi connectivity index (χ1) is 6.24. The Morgan fingerprint density at radius 3 is 3.00 bits per heavy atom. The van der Waals surface area contributed by atoms with Crippen LogP contribution in [-0.2, 0) is 14.3 Å². The fraction of sp³-hybridized carbons (Fsp3) is 0.700. The first kappa shape index (κ1) is 10.3.